The van der Waals surface area contributed by atoms with Crippen LogP contribution in [0.1, 0.15) is 16.7 Å². The average Bonchev–Trinajstić information content (AvgIpc) is 2.69. The lowest BCUT2D eigenvalue weighted by Crippen LogP contribution is -2.16. The summed E-state index contributed by atoms with van der Waals surface area (Å²) >= 11 is 0. The van der Waals surface area contributed by atoms with Crippen molar-refractivity contribution >= 4 is 25.8 Å². The first-order valence-corrected chi connectivity index (χ1v) is 12.2. The van der Waals surface area contributed by atoms with Gasteiger partial charge in [0.2, 0.25) is 9.84 Å². The molecule has 0 saturated heterocycles. The van der Waals surface area contributed by atoms with E-state index in [9.17, 15) is 16.8 Å². The van der Waals surface area contributed by atoms with Crippen LogP contribution in [0, 0.1) is 13.8 Å². The predicted octanol–water partition coefficient (Wildman–Crippen LogP) is 4.59. The summed E-state index contributed by atoms with van der Waals surface area (Å²) in [7, 11) is -7.83. The van der Waals surface area contributed by atoms with Crippen molar-refractivity contribution in [1.82, 2.24) is 0 Å². The summed E-state index contributed by atoms with van der Waals surface area (Å²) in [6.45, 7) is 3.72. The van der Waals surface area contributed by atoms with Crippen molar-refractivity contribution in [2.75, 3.05) is 5.75 Å². The minimum Gasteiger partial charge on any atom is -0.223 e. The van der Waals surface area contributed by atoms with Crippen molar-refractivity contribution in [1.29, 1.82) is 0 Å². The van der Waals surface area contributed by atoms with E-state index in [2.05, 4.69) is 0 Å². The van der Waals surface area contributed by atoms with Crippen LogP contribution in [0.2, 0.25) is 0 Å². The van der Waals surface area contributed by atoms with E-state index in [-0.39, 0.29) is 14.7 Å². The van der Waals surface area contributed by atoms with Crippen molar-refractivity contribution in [3.05, 3.63) is 100 Å². The Labute approximate surface area is 172 Å². The topological polar surface area (TPSA) is 68.3 Å². The third-order valence-electron chi connectivity index (χ3n) is 4.52. The van der Waals surface area contributed by atoms with E-state index in [0.717, 1.165) is 11.1 Å². The number of aryl methyl sites for hydroxylation is 2. The minimum absolute atomic E-state index is 0.0735. The van der Waals surface area contributed by atoms with Gasteiger partial charge in [0, 0.05) is 0 Å². The van der Waals surface area contributed by atoms with Crippen LogP contribution in [-0.4, -0.2) is 22.6 Å². The Bertz CT molecular complexity index is 1220. The molecule has 0 amide bonds. The van der Waals surface area contributed by atoms with E-state index in [4.69, 9.17) is 0 Å². The highest BCUT2D eigenvalue weighted by Gasteiger charge is 2.27. The van der Waals surface area contributed by atoms with Crippen LogP contribution < -0.4 is 0 Å². The fourth-order valence-corrected chi connectivity index (χ4v) is 6.17. The fourth-order valence-electron chi connectivity index (χ4n) is 2.82. The maximum absolute atomic E-state index is 13.3. The Morgan fingerprint density at radius 3 is 1.69 bits per heavy atom. The van der Waals surface area contributed by atoms with Crippen molar-refractivity contribution < 1.29 is 16.8 Å². The van der Waals surface area contributed by atoms with Gasteiger partial charge in [-0.2, -0.15) is 0 Å². The number of hydrogen-bond donors (Lipinski definition) is 0. The second-order valence-electron chi connectivity index (χ2n) is 6.91. The molecule has 0 N–H and O–H groups in total. The lowest BCUT2D eigenvalue weighted by atomic mass is 10.2. The molecule has 0 spiro atoms. The molecule has 3 aromatic rings. The molecule has 0 aliphatic rings. The number of benzene rings is 3. The van der Waals surface area contributed by atoms with Gasteiger partial charge in [0.25, 0.3) is 0 Å². The molecule has 6 heteroatoms. The van der Waals surface area contributed by atoms with Crippen molar-refractivity contribution in [3.8, 4) is 0 Å². The lowest BCUT2D eigenvalue weighted by molar-refractivity contribution is 0.592. The van der Waals surface area contributed by atoms with E-state index in [1.807, 2.05) is 19.9 Å². The molecule has 0 aliphatic carbocycles. The summed E-state index contributed by atoms with van der Waals surface area (Å²) in [5, 5.41) is 0. The lowest BCUT2D eigenvalue weighted by Gasteiger charge is -2.12. The molecule has 4 nitrogen and oxygen atoms in total. The molecule has 0 atom stereocenters. The molecule has 0 heterocycles. The van der Waals surface area contributed by atoms with Gasteiger partial charge in [-0.25, -0.2) is 16.8 Å². The number of hydrogen-bond acceptors (Lipinski definition) is 4. The van der Waals surface area contributed by atoms with Gasteiger partial charge >= 0.3 is 0 Å². The monoisotopic (exact) mass is 426 g/mol. The summed E-state index contributed by atoms with van der Waals surface area (Å²) < 4.78 is 52.5. The molecule has 29 heavy (non-hydrogen) atoms. The normalized spacial score (nSPS) is 12.7. The molecule has 0 aliphatic heterocycles. The number of sulfone groups is 2. The van der Waals surface area contributed by atoms with Gasteiger partial charge in [0.15, 0.2) is 9.84 Å². The van der Waals surface area contributed by atoms with E-state index >= 15 is 0 Å². The largest absolute Gasteiger partial charge is 0.223 e. The van der Waals surface area contributed by atoms with Gasteiger partial charge < -0.3 is 0 Å². The summed E-state index contributed by atoms with van der Waals surface area (Å²) in [6, 6.07) is 21.6. The Balaban J connectivity index is 2.10. The van der Waals surface area contributed by atoms with Crippen LogP contribution >= 0.6 is 0 Å². The van der Waals surface area contributed by atoms with E-state index in [1.54, 1.807) is 48.5 Å². The van der Waals surface area contributed by atoms with Crippen LogP contribution in [0.25, 0.3) is 6.08 Å². The van der Waals surface area contributed by atoms with Crippen molar-refractivity contribution in [3.63, 3.8) is 0 Å². The zero-order valence-electron chi connectivity index (χ0n) is 16.2. The second-order valence-corrected chi connectivity index (χ2v) is 10.9. The molecule has 150 valence electrons. The van der Waals surface area contributed by atoms with Crippen LogP contribution in [0.15, 0.2) is 93.6 Å². The van der Waals surface area contributed by atoms with Gasteiger partial charge in [-0.15, -0.1) is 0 Å². The zero-order valence-corrected chi connectivity index (χ0v) is 17.9. The van der Waals surface area contributed by atoms with Gasteiger partial charge in [-0.1, -0.05) is 65.7 Å². The van der Waals surface area contributed by atoms with Gasteiger partial charge in [0.05, 0.1) is 20.4 Å². The van der Waals surface area contributed by atoms with Gasteiger partial charge in [-0.3, -0.25) is 0 Å². The second kappa shape index (κ2) is 8.35. The molecular weight excluding hydrogens is 404 g/mol. The van der Waals surface area contributed by atoms with Crippen molar-refractivity contribution in [2.24, 2.45) is 0 Å². The van der Waals surface area contributed by atoms with Crippen LogP contribution in [-0.2, 0) is 19.7 Å². The zero-order chi connectivity index (χ0) is 21.1. The molecule has 0 unspecified atom stereocenters. The van der Waals surface area contributed by atoms with Crippen LogP contribution in [0.5, 0.6) is 0 Å². The molecule has 0 radical (unpaired) electrons. The van der Waals surface area contributed by atoms with Crippen LogP contribution in [0.4, 0.5) is 0 Å². The first kappa shape index (κ1) is 21.0. The third kappa shape index (κ3) is 5.02. The molecular formula is C23H22O4S2. The first-order valence-electron chi connectivity index (χ1n) is 9.05. The highest BCUT2D eigenvalue weighted by atomic mass is 32.2. The van der Waals surface area contributed by atoms with E-state index in [0.29, 0.717) is 5.56 Å². The quantitative estimate of drug-likeness (QED) is 0.578. The van der Waals surface area contributed by atoms with E-state index < -0.39 is 25.4 Å². The molecule has 0 fully saturated rings. The van der Waals surface area contributed by atoms with Gasteiger partial charge in [-0.05, 0) is 49.8 Å². The SMILES string of the molecule is Cc1ccc(S(=O)(=O)CC(=Cc2ccccc2)S(=O)(=O)c2ccc(C)cc2)cc1. The molecule has 0 saturated carbocycles. The maximum atomic E-state index is 13.3. The van der Waals surface area contributed by atoms with Crippen LogP contribution in [0.3, 0.4) is 0 Å². The van der Waals surface area contributed by atoms with Crippen molar-refractivity contribution in [2.45, 2.75) is 23.6 Å². The highest BCUT2D eigenvalue weighted by molar-refractivity contribution is 7.98. The minimum atomic E-state index is -3.98. The summed E-state index contributed by atoms with van der Waals surface area (Å²) in [6.07, 6.45) is 1.43. The highest BCUT2D eigenvalue weighted by Crippen LogP contribution is 2.26. The molecule has 0 aromatic heterocycles. The Morgan fingerprint density at radius 2 is 1.17 bits per heavy atom. The molecule has 3 aromatic carbocycles. The summed E-state index contributed by atoms with van der Waals surface area (Å²) in [4.78, 5) is 0.0127. The average molecular weight is 427 g/mol. The first-order chi connectivity index (χ1) is 13.7. The summed E-state index contributed by atoms with van der Waals surface area (Å²) in [5.74, 6) is -0.610. The fraction of sp³-hybridized carbons (Fsp3) is 0.130. The van der Waals surface area contributed by atoms with Gasteiger partial charge in [0.1, 0.15) is 0 Å². The summed E-state index contributed by atoms with van der Waals surface area (Å²) in [5.41, 5.74) is 2.47. The maximum Gasteiger partial charge on any atom is 0.203 e. The smallest absolute Gasteiger partial charge is 0.203 e. The third-order valence-corrected chi connectivity index (χ3v) is 8.23. The Morgan fingerprint density at radius 1 is 0.690 bits per heavy atom. The Hall–Kier alpha value is -2.70. The van der Waals surface area contributed by atoms with E-state index in [1.165, 1.54) is 30.3 Å². The predicted molar refractivity (Wildman–Crippen MR) is 116 cm³/mol. The molecule has 0 bridgehead atoms. The number of rotatable bonds is 6. The standard InChI is InChI=1S/C23H22O4S2/c1-18-8-12-21(13-9-18)28(24,25)17-23(16-20-6-4-3-5-7-20)29(26,27)22-14-10-19(2)11-15-22/h3-16H,17H2,1-2H3. The molecule has 3 rings (SSSR count). The Kier molecular flexibility index (Phi) is 6.05.